The second kappa shape index (κ2) is 6.01. The summed E-state index contributed by atoms with van der Waals surface area (Å²) in [5, 5.41) is 3.43. The second-order valence-electron chi connectivity index (χ2n) is 4.84. The number of rotatable bonds is 5. The smallest absolute Gasteiger partial charge is 0.162 e. The quantitative estimate of drug-likeness (QED) is 0.812. The highest BCUT2D eigenvalue weighted by molar-refractivity contribution is 5.96. The Morgan fingerprint density at radius 2 is 2.17 bits per heavy atom. The summed E-state index contributed by atoms with van der Waals surface area (Å²) in [7, 11) is 0. The lowest BCUT2D eigenvalue weighted by Gasteiger charge is -2.21. The number of hydrogen-bond acceptors (Lipinski definition) is 3. The molecule has 1 aromatic rings. The fraction of sp³-hybridized carbons (Fsp3) is 0.533. The van der Waals surface area contributed by atoms with E-state index in [9.17, 15) is 4.79 Å². The fourth-order valence-electron chi connectivity index (χ4n) is 2.31. The van der Waals surface area contributed by atoms with Crippen molar-refractivity contribution in [2.24, 2.45) is 0 Å². The van der Waals surface area contributed by atoms with Gasteiger partial charge in [-0.05, 0) is 44.0 Å². The molecule has 98 valence electrons. The normalized spacial score (nSPS) is 20.7. The van der Waals surface area contributed by atoms with Gasteiger partial charge in [0.2, 0.25) is 0 Å². The topological polar surface area (TPSA) is 38.3 Å². The second-order valence-corrected chi connectivity index (χ2v) is 4.84. The van der Waals surface area contributed by atoms with Gasteiger partial charge in [0.1, 0.15) is 0 Å². The first-order valence-electron chi connectivity index (χ1n) is 6.72. The van der Waals surface area contributed by atoms with Gasteiger partial charge in [-0.15, -0.1) is 0 Å². The van der Waals surface area contributed by atoms with Crippen molar-refractivity contribution in [2.75, 3.05) is 11.9 Å². The van der Waals surface area contributed by atoms with Gasteiger partial charge in [-0.2, -0.15) is 0 Å². The van der Waals surface area contributed by atoms with Crippen LogP contribution in [0.25, 0.3) is 0 Å². The maximum absolute atomic E-state index is 11.5. The van der Waals surface area contributed by atoms with Gasteiger partial charge in [-0.1, -0.05) is 6.92 Å². The van der Waals surface area contributed by atoms with Crippen molar-refractivity contribution in [1.82, 2.24) is 0 Å². The largest absolute Gasteiger partial charge is 0.380 e. The van der Waals surface area contributed by atoms with Crippen LogP contribution in [0.15, 0.2) is 24.3 Å². The molecule has 1 aromatic carbocycles. The molecule has 1 aliphatic heterocycles. The van der Waals surface area contributed by atoms with Crippen molar-refractivity contribution in [2.45, 2.75) is 45.3 Å². The molecular weight excluding hydrogens is 226 g/mol. The molecule has 3 heteroatoms. The molecule has 0 bridgehead atoms. The molecule has 1 saturated heterocycles. The number of anilines is 1. The first-order chi connectivity index (χ1) is 8.70. The Morgan fingerprint density at radius 3 is 2.72 bits per heavy atom. The lowest BCUT2D eigenvalue weighted by Crippen LogP contribution is -2.29. The highest BCUT2D eigenvalue weighted by Crippen LogP contribution is 2.19. The van der Waals surface area contributed by atoms with Crippen molar-refractivity contribution < 1.29 is 9.53 Å². The predicted octanol–water partition coefficient (Wildman–Crippen LogP) is 3.26. The molecule has 0 aliphatic carbocycles. The van der Waals surface area contributed by atoms with E-state index in [1.807, 2.05) is 31.2 Å². The summed E-state index contributed by atoms with van der Waals surface area (Å²) in [6, 6.07) is 8.01. The van der Waals surface area contributed by atoms with E-state index >= 15 is 0 Å². The van der Waals surface area contributed by atoms with Crippen LogP contribution in [-0.4, -0.2) is 24.5 Å². The molecule has 3 nitrogen and oxygen atoms in total. The Kier molecular flexibility index (Phi) is 4.37. The minimum atomic E-state index is 0.189. The lowest BCUT2D eigenvalue weighted by molar-refractivity contribution is 0.0986. The average Bonchev–Trinajstić information content (AvgIpc) is 2.92. The van der Waals surface area contributed by atoms with Crippen LogP contribution in [-0.2, 0) is 4.74 Å². The maximum Gasteiger partial charge on any atom is 0.162 e. The van der Waals surface area contributed by atoms with Crippen LogP contribution in [0.5, 0.6) is 0 Å². The van der Waals surface area contributed by atoms with E-state index in [1.165, 1.54) is 0 Å². The van der Waals surface area contributed by atoms with Gasteiger partial charge in [0.25, 0.3) is 0 Å². The van der Waals surface area contributed by atoms with E-state index in [-0.39, 0.29) is 5.78 Å². The Hall–Kier alpha value is -1.35. The molecule has 2 unspecified atom stereocenters. The van der Waals surface area contributed by atoms with Crippen molar-refractivity contribution in [3.8, 4) is 0 Å². The van der Waals surface area contributed by atoms with E-state index in [2.05, 4.69) is 12.2 Å². The minimum absolute atomic E-state index is 0.189. The maximum atomic E-state index is 11.5. The molecule has 1 fully saturated rings. The number of Topliss-reactive ketones (excluding diaryl/α,β-unsaturated/α-hetero) is 1. The molecular formula is C15H21NO2. The van der Waals surface area contributed by atoms with E-state index in [4.69, 9.17) is 4.74 Å². The number of ketones is 1. The molecule has 0 radical (unpaired) electrons. The van der Waals surface area contributed by atoms with Crippen LogP contribution in [0, 0.1) is 0 Å². The molecule has 0 spiro atoms. The van der Waals surface area contributed by atoms with Crippen molar-refractivity contribution >= 4 is 11.5 Å². The summed E-state index contributed by atoms with van der Waals surface area (Å²) in [6.07, 6.45) is 3.14. The standard InChI is InChI=1S/C15H21NO2/c1-3-14(17)12-6-8-13(9-7-12)16-11(2)15-5-4-10-18-15/h6-9,11,15-16H,3-5,10H2,1-2H3. The molecule has 0 amide bonds. The fourth-order valence-corrected chi connectivity index (χ4v) is 2.31. The Labute approximate surface area is 109 Å². The molecule has 0 saturated carbocycles. The first kappa shape index (κ1) is 13.1. The van der Waals surface area contributed by atoms with Crippen LogP contribution >= 0.6 is 0 Å². The number of benzene rings is 1. The third kappa shape index (κ3) is 3.10. The van der Waals surface area contributed by atoms with Gasteiger partial charge in [0, 0.05) is 30.3 Å². The zero-order valence-electron chi connectivity index (χ0n) is 11.1. The molecule has 2 rings (SSSR count). The average molecular weight is 247 g/mol. The molecule has 1 aliphatic rings. The molecule has 1 N–H and O–H groups in total. The summed E-state index contributed by atoms with van der Waals surface area (Å²) < 4.78 is 5.65. The summed E-state index contributed by atoms with van der Waals surface area (Å²) in [5.74, 6) is 0.189. The summed E-state index contributed by atoms with van der Waals surface area (Å²) >= 11 is 0. The molecule has 2 atom stereocenters. The van der Waals surface area contributed by atoms with Crippen LogP contribution in [0.3, 0.4) is 0 Å². The van der Waals surface area contributed by atoms with Crippen LogP contribution in [0.1, 0.15) is 43.5 Å². The monoisotopic (exact) mass is 247 g/mol. The number of carbonyl (C=O) groups is 1. The van der Waals surface area contributed by atoms with E-state index in [0.717, 1.165) is 30.7 Å². The molecule has 0 aromatic heterocycles. The van der Waals surface area contributed by atoms with E-state index in [1.54, 1.807) is 0 Å². The van der Waals surface area contributed by atoms with Gasteiger partial charge in [-0.25, -0.2) is 0 Å². The van der Waals surface area contributed by atoms with Crippen molar-refractivity contribution in [3.05, 3.63) is 29.8 Å². The van der Waals surface area contributed by atoms with Gasteiger partial charge >= 0.3 is 0 Å². The van der Waals surface area contributed by atoms with Crippen LogP contribution < -0.4 is 5.32 Å². The molecule has 18 heavy (non-hydrogen) atoms. The SMILES string of the molecule is CCC(=O)c1ccc(NC(C)C2CCCO2)cc1. The van der Waals surface area contributed by atoms with Gasteiger partial charge in [0.15, 0.2) is 5.78 Å². The van der Waals surface area contributed by atoms with Gasteiger partial charge in [-0.3, -0.25) is 4.79 Å². The van der Waals surface area contributed by atoms with Crippen molar-refractivity contribution in [1.29, 1.82) is 0 Å². The van der Waals surface area contributed by atoms with Crippen LogP contribution in [0.4, 0.5) is 5.69 Å². The summed E-state index contributed by atoms with van der Waals surface area (Å²) in [5.41, 5.74) is 1.83. The number of hydrogen-bond donors (Lipinski definition) is 1. The molecule has 1 heterocycles. The van der Waals surface area contributed by atoms with Crippen molar-refractivity contribution in [3.63, 3.8) is 0 Å². The zero-order chi connectivity index (χ0) is 13.0. The van der Waals surface area contributed by atoms with E-state index in [0.29, 0.717) is 18.6 Å². The Balaban J connectivity index is 1.95. The Morgan fingerprint density at radius 1 is 1.44 bits per heavy atom. The highest BCUT2D eigenvalue weighted by Gasteiger charge is 2.21. The lowest BCUT2D eigenvalue weighted by atomic mass is 10.1. The first-order valence-corrected chi connectivity index (χ1v) is 6.72. The highest BCUT2D eigenvalue weighted by atomic mass is 16.5. The third-order valence-electron chi connectivity index (χ3n) is 3.44. The van der Waals surface area contributed by atoms with Gasteiger partial charge in [0.05, 0.1) is 6.10 Å². The zero-order valence-corrected chi connectivity index (χ0v) is 11.1. The van der Waals surface area contributed by atoms with E-state index < -0.39 is 0 Å². The third-order valence-corrected chi connectivity index (χ3v) is 3.44. The number of carbonyl (C=O) groups excluding carboxylic acids is 1. The number of ether oxygens (including phenoxy) is 1. The summed E-state index contributed by atoms with van der Waals surface area (Å²) in [6.45, 7) is 4.90. The van der Waals surface area contributed by atoms with Gasteiger partial charge < -0.3 is 10.1 Å². The Bertz CT molecular complexity index is 393. The summed E-state index contributed by atoms with van der Waals surface area (Å²) in [4.78, 5) is 11.5. The number of nitrogens with one attached hydrogen (secondary N) is 1. The minimum Gasteiger partial charge on any atom is -0.380 e. The predicted molar refractivity (Wildman–Crippen MR) is 73.1 cm³/mol. The van der Waals surface area contributed by atoms with Crippen LogP contribution in [0.2, 0.25) is 0 Å².